The van der Waals surface area contributed by atoms with E-state index >= 15 is 0 Å². The van der Waals surface area contributed by atoms with E-state index in [0.29, 0.717) is 29.5 Å². The van der Waals surface area contributed by atoms with Gasteiger partial charge in [-0.25, -0.2) is 0 Å². The predicted octanol–water partition coefficient (Wildman–Crippen LogP) is 3.92. The monoisotopic (exact) mass is 375 g/mol. The quantitative estimate of drug-likeness (QED) is 0.444. The maximum Gasteiger partial charge on any atom is 0.306 e. The minimum Gasteiger partial charge on any atom is -0.457 e. The van der Waals surface area contributed by atoms with Gasteiger partial charge in [0.1, 0.15) is 0 Å². The van der Waals surface area contributed by atoms with Crippen LogP contribution in [0.3, 0.4) is 0 Å². The van der Waals surface area contributed by atoms with Gasteiger partial charge < -0.3 is 10.1 Å². The average Bonchev–Trinajstić information content (AvgIpc) is 3.22. The molecule has 140 valence electrons. The molecule has 1 amide bonds. The number of benzene rings is 1. The first-order valence-electron chi connectivity index (χ1n) is 9.10. The summed E-state index contributed by atoms with van der Waals surface area (Å²) in [6.45, 7) is 1.17. The number of anilines is 1. The Hall–Kier alpha value is -1.82. The molecule has 0 aromatic heterocycles. The van der Waals surface area contributed by atoms with E-state index in [1.807, 2.05) is 6.26 Å². The molecule has 1 aromatic rings. The Bertz CT molecular complexity index is 718. The largest absolute Gasteiger partial charge is 0.457 e. The molecule has 2 fully saturated rings. The normalized spacial score (nSPS) is 23.7. The summed E-state index contributed by atoms with van der Waals surface area (Å²) in [5.74, 6) is 1.17. The van der Waals surface area contributed by atoms with Crippen molar-refractivity contribution >= 4 is 35.1 Å². The van der Waals surface area contributed by atoms with E-state index in [4.69, 9.17) is 4.74 Å². The fourth-order valence-electron chi connectivity index (χ4n) is 4.30. The zero-order valence-corrected chi connectivity index (χ0v) is 16.1. The van der Waals surface area contributed by atoms with Crippen LogP contribution in [0.4, 0.5) is 5.69 Å². The number of Topliss-reactive ketones (excluding diaryl/α,β-unsaturated/α-hetero) is 1. The van der Waals surface area contributed by atoms with Crippen molar-refractivity contribution in [3.63, 3.8) is 0 Å². The first-order chi connectivity index (χ1) is 12.5. The fourth-order valence-corrected chi connectivity index (χ4v) is 4.83. The molecule has 3 rings (SSSR count). The number of ketones is 1. The number of nitrogens with one attached hydrogen (secondary N) is 1. The van der Waals surface area contributed by atoms with E-state index in [2.05, 4.69) is 5.32 Å². The minimum atomic E-state index is -0.279. The molecule has 6 heteroatoms. The van der Waals surface area contributed by atoms with E-state index in [1.54, 1.807) is 18.2 Å². The number of thioether (sulfide) groups is 1. The first-order valence-corrected chi connectivity index (χ1v) is 10.3. The lowest BCUT2D eigenvalue weighted by atomic mass is 9.86. The highest BCUT2D eigenvalue weighted by atomic mass is 32.2. The summed E-state index contributed by atoms with van der Waals surface area (Å²) in [7, 11) is 0. The van der Waals surface area contributed by atoms with Crippen LogP contribution in [-0.4, -0.2) is 30.5 Å². The number of fused-ring (bicyclic) bond motifs is 2. The van der Waals surface area contributed by atoms with Gasteiger partial charge in [0.25, 0.3) is 0 Å². The second-order valence-electron chi connectivity index (χ2n) is 7.32. The highest BCUT2D eigenvalue weighted by Gasteiger charge is 2.40. The molecular weight excluding hydrogens is 350 g/mol. The Kier molecular flexibility index (Phi) is 6.01. The summed E-state index contributed by atoms with van der Waals surface area (Å²) in [4.78, 5) is 36.6. The van der Waals surface area contributed by atoms with E-state index in [9.17, 15) is 14.4 Å². The van der Waals surface area contributed by atoms with Crippen molar-refractivity contribution in [1.82, 2.24) is 0 Å². The van der Waals surface area contributed by atoms with Gasteiger partial charge in [0.15, 0.2) is 12.4 Å². The molecule has 1 N–H and O–H groups in total. The molecule has 0 radical (unpaired) electrons. The molecule has 3 unspecified atom stereocenters. The summed E-state index contributed by atoms with van der Waals surface area (Å²) in [6.07, 6.45) is 7.25. The second-order valence-corrected chi connectivity index (χ2v) is 8.17. The summed E-state index contributed by atoms with van der Waals surface area (Å²) in [5.41, 5.74) is 1.03. The molecule has 0 aliphatic heterocycles. The number of ether oxygens (including phenoxy) is 1. The van der Waals surface area contributed by atoms with Crippen molar-refractivity contribution in [2.45, 2.75) is 43.9 Å². The van der Waals surface area contributed by atoms with E-state index in [-0.39, 0.29) is 24.3 Å². The zero-order chi connectivity index (χ0) is 18.7. The van der Waals surface area contributed by atoms with Gasteiger partial charge in [-0.15, -0.1) is 11.8 Å². The number of carbonyl (C=O) groups is 3. The molecule has 1 aromatic carbocycles. The maximum absolute atomic E-state index is 12.4. The van der Waals surface area contributed by atoms with Gasteiger partial charge in [0.2, 0.25) is 5.91 Å². The van der Waals surface area contributed by atoms with Crippen LogP contribution in [-0.2, 0) is 14.3 Å². The van der Waals surface area contributed by atoms with Crippen LogP contribution >= 0.6 is 11.8 Å². The van der Waals surface area contributed by atoms with E-state index in [1.165, 1.54) is 37.9 Å². The van der Waals surface area contributed by atoms with Crippen molar-refractivity contribution in [3.05, 3.63) is 23.8 Å². The molecule has 2 saturated carbocycles. The van der Waals surface area contributed by atoms with Crippen LogP contribution in [0.5, 0.6) is 0 Å². The van der Waals surface area contributed by atoms with E-state index < -0.39 is 0 Å². The summed E-state index contributed by atoms with van der Waals surface area (Å²) >= 11 is 1.49. The maximum atomic E-state index is 12.4. The predicted molar refractivity (Wildman–Crippen MR) is 101 cm³/mol. The molecular formula is C20H25NO4S. The van der Waals surface area contributed by atoms with Gasteiger partial charge in [0.05, 0.1) is 5.69 Å². The molecule has 0 spiro atoms. The van der Waals surface area contributed by atoms with Crippen molar-refractivity contribution in [1.29, 1.82) is 0 Å². The van der Waals surface area contributed by atoms with Gasteiger partial charge >= 0.3 is 5.97 Å². The highest BCUT2D eigenvalue weighted by molar-refractivity contribution is 7.98. The molecule has 26 heavy (non-hydrogen) atoms. The van der Waals surface area contributed by atoms with Gasteiger partial charge in [-0.1, -0.05) is 12.5 Å². The summed E-state index contributed by atoms with van der Waals surface area (Å²) < 4.78 is 5.22. The third-order valence-corrected chi connectivity index (χ3v) is 6.31. The smallest absolute Gasteiger partial charge is 0.306 e. The topological polar surface area (TPSA) is 72.5 Å². The Morgan fingerprint density at radius 2 is 2.04 bits per heavy atom. The number of amides is 1. The second kappa shape index (κ2) is 8.25. The minimum absolute atomic E-state index is 0.192. The number of carbonyl (C=O) groups excluding carboxylic acids is 3. The number of esters is 1. The third kappa shape index (κ3) is 4.47. The highest BCUT2D eigenvalue weighted by Crippen LogP contribution is 2.49. The molecule has 3 atom stereocenters. The van der Waals surface area contributed by atoms with Crippen molar-refractivity contribution < 1.29 is 19.1 Å². The van der Waals surface area contributed by atoms with Gasteiger partial charge in [-0.3, -0.25) is 14.4 Å². The SMILES string of the molecule is CSc1ccc(C(=O)COC(=O)CC2CC3CCC2C3)cc1NC(C)=O. The number of hydrogen-bond donors (Lipinski definition) is 1. The van der Waals surface area contributed by atoms with Crippen LogP contribution < -0.4 is 5.32 Å². The molecule has 2 aliphatic rings. The van der Waals surface area contributed by atoms with E-state index in [0.717, 1.165) is 17.2 Å². The van der Waals surface area contributed by atoms with Crippen LogP contribution in [0, 0.1) is 17.8 Å². The van der Waals surface area contributed by atoms with Crippen LogP contribution in [0.15, 0.2) is 23.1 Å². The standard InChI is InChI=1S/C20H25NO4S/c1-12(22)21-17-9-15(5-6-19(17)26-2)18(23)11-25-20(24)10-16-8-13-3-4-14(16)7-13/h5-6,9,13-14,16H,3-4,7-8,10-11H2,1-2H3,(H,21,22). The molecule has 5 nitrogen and oxygen atoms in total. The van der Waals surface area contributed by atoms with Gasteiger partial charge in [0, 0.05) is 23.8 Å². The fraction of sp³-hybridized carbons (Fsp3) is 0.550. The lowest BCUT2D eigenvalue weighted by Crippen LogP contribution is -2.20. The Morgan fingerprint density at radius 3 is 2.65 bits per heavy atom. The average molecular weight is 375 g/mol. The van der Waals surface area contributed by atoms with Crippen LogP contribution in [0.1, 0.15) is 49.4 Å². The Balaban J connectivity index is 1.54. The Morgan fingerprint density at radius 1 is 1.23 bits per heavy atom. The Labute approximate surface area is 158 Å². The van der Waals surface area contributed by atoms with Crippen molar-refractivity contribution in [2.24, 2.45) is 17.8 Å². The first kappa shape index (κ1) is 19.0. The lowest BCUT2D eigenvalue weighted by molar-refractivity contribution is -0.144. The van der Waals surface area contributed by atoms with Crippen LogP contribution in [0.2, 0.25) is 0 Å². The van der Waals surface area contributed by atoms with Gasteiger partial charge in [-0.2, -0.15) is 0 Å². The molecule has 2 aliphatic carbocycles. The third-order valence-electron chi connectivity index (χ3n) is 5.51. The molecule has 0 heterocycles. The molecule has 0 saturated heterocycles. The van der Waals surface area contributed by atoms with Crippen molar-refractivity contribution in [3.8, 4) is 0 Å². The zero-order valence-electron chi connectivity index (χ0n) is 15.2. The summed E-state index contributed by atoms with van der Waals surface area (Å²) in [5, 5.41) is 2.73. The number of hydrogen-bond acceptors (Lipinski definition) is 5. The van der Waals surface area contributed by atoms with Gasteiger partial charge in [-0.05, 0) is 55.4 Å². The number of rotatable bonds is 7. The summed E-state index contributed by atoms with van der Waals surface area (Å²) in [6, 6.07) is 5.13. The van der Waals surface area contributed by atoms with Crippen LogP contribution in [0.25, 0.3) is 0 Å². The lowest BCUT2D eigenvalue weighted by Gasteiger charge is -2.20. The van der Waals surface area contributed by atoms with Crippen molar-refractivity contribution in [2.75, 3.05) is 18.2 Å². The molecule has 2 bridgehead atoms.